The molecule has 0 radical (unpaired) electrons. The molecule has 2 heteroatoms. The van der Waals surface area contributed by atoms with E-state index < -0.39 is 0 Å². The Morgan fingerprint density at radius 2 is 2.00 bits per heavy atom. The molecule has 0 atom stereocenters. The molecule has 1 N–H and O–H groups in total. The molecule has 0 aliphatic carbocycles. The van der Waals surface area contributed by atoms with Crippen LogP contribution in [0.25, 0.3) is 0 Å². The fraction of sp³-hybridized carbons (Fsp3) is 0.385. The number of nitrogens with one attached hydrogen (secondary N) is 1. The summed E-state index contributed by atoms with van der Waals surface area (Å²) >= 11 is 5.58. The van der Waals surface area contributed by atoms with E-state index in [0.717, 1.165) is 24.2 Å². The highest BCUT2D eigenvalue weighted by atomic mass is 35.5. The minimum Gasteiger partial charge on any atom is -0.381 e. The monoisotopic (exact) mass is 223 g/mol. The summed E-state index contributed by atoms with van der Waals surface area (Å²) in [5.41, 5.74) is 5.29. The van der Waals surface area contributed by atoms with Gasteiger partial charge in [0.15, 0.2) is 0 Å². The van der Waals surface area contributed by atoms with Gasteiger partial charge in [0, 0.05) is 17.8 Å². The fourth-order valence-electron chi connectivity index (χ4n) is 1.36. The highest BCUT2D eigenvalue weighted by Gasteiger charge is 1.94. The molecule has 15 heavy (non-hydrogen) atoms. The number of hydrogen-bond donors (Lipinski definition) is 1. The molecule has 0 amide bonds. The molecule has 0 spiro atoms. The molecule has 1 nitrogen and oxygen atoms in total. The molecular formula is C13H18ClN. The highest BCUT2D eigenvalue weighted by molar-refractivity contribution is 6.25. The molecule has 0 aromatic heterocycles. The molecule has 0 bridgehead atoms. The van der Waals surface area contributed by atoms with E-state index in [2.05, 4.69) is 36.5 Å². The third-order valence-electron chi connectivity index (χ3n) is 2.25. The van der Waals surface area contributed by atoms with Crippen molar-refractivity contribution in [2.45, 2.75) is 26.7 Å². The Hall–Kier alpha value is -0.950. The van der Waals surface area contributed by atoms with Gasteiger partial charge in [-0.05, 0) is 36.6 Å². The molecule has 82 valence electrons. The minimum absolute atomic E-state index is 0.802. The molecule has 0 fully saturated rings. The van der Waals surface area contributed by atoms with Gasteiger partial charge in [-0.1, -0.05) is 37.1 Å². The van der Waals surface area contributed by atoms with Gasteiger partial charge in [-0.3, -0.25) is 0 Å². The lowest BCUT2D eigenvalue weighted by molar-refractivity contribution is 0.922. The molecule has 1 aromatic rings. The Morgan fingerprint density at radius 3 is 2.53 bits per heavy atom. The molecule has 0 saturated heterocycles. The van der Waals surface area contributed by atoms with Crippen molar-refractivity contribution in [1.29, 1.82) is 0 Å². The average molecular weight is 224 g/mol. The minimum atomic E-state index is 0.802. The lowest BCUT2D eigenvalue weighted by Gasteiger charge is -2.06. The molecule has 0 heterocycles. The molecular weight excluding hydrogens is 206 g/mol. The van der Waals surface area contributed by atoms with Gasteiger partial charge >= 0.3 is 0 Å². The Balaban J connectivity index is 2.49. The van der Waals surface area contributed by atoms with Crippen molar-refractivity contribution in [3.05, 3.63) is 40.9 Å². The van der Waals surface area contributed by atoms with Gasteiger partial charge in [-0.15, -0.1) is 0 Å². The zero-order valence-corrected chi connectivity index (χ0v) is 10.1. The van der Waals surface area contributed by atoms with Crippen molar-refractivity contribution in [2.24, 2.45) is 0 Å². The van der Waals surface area contributed by atoms with Crippen molar-refractivity contribution in [2.75, 3.05) is 11.9 Å². The van der Waals surface area contributed by atoms with E-state index in [1.807, 2.05) is 6.92 Å². The van der Waals surface area contributed by atoms with Crippen LogP contribution in [0.4, 0.5) is 5.69 Å². The van der Waals surface area contributed by atoms with E-state index in [9.17, 15) is 0 Å². The van der Waals surface area contributed by atoms with Gasteiger partial charge in [0.25, 0.3) is 0 Å². The third-order valence-corrected chi connectivity index (χ3v) is 2.62. The predicted molar refractivity (Wildman–Crippen MR) is 68.5 cm³/mol. The van der Waals surface area contributed by atoms with Crippen LogP contribution in [0, 0.1) is 0 Å². The van der Waals surface area contributed by atoms with E-state index in [1.54, 1.807) is 5.54 Å². The second kappa shape index (κ2) is 6.52. The van der Waals surface area contributed by atoms with E-state index in [0.29, 0.717) is 0 Å². The first-order valence-electron chi connectivity index (χ1n) is 5.35. The van der Waals surface area contributed by atoms with Gasteiger partial charge in [0.05, 0.1) is 0 Å². The number of aryl methyl sites for hydroxylation is 1. The lowest BCUT2D eigenvalue weighted by Crippen LogP contribution is -2.02. The Morgan fingerprint density at radius 1 is 1.33 bits per heavy atom. The Labute approximate surface area is 97.1 Å². The van der Waals surface area contributed by atoms with Gasteiger partial charge in [0.2, 0.25) is 0 Å². The number of hydrogen-bond acceptors (Lipinski definition) is 1. The molecule has 0 aliphatic rings. The molecule has 1 rings (SSSR count). The standard InChI is InChI=1S/C13H18ClN/c1-3-4-12-5-7-13(8-6-12)15-10-11(2)9-14/h5-9,15H,3-4,10H2,1-2H3/b11-9+. The van der Waals surface area contributed by atoms with Crippen LogP contribution in [0.2, 0.25) is 0 Å². The van der Waals surface area contributed by atoms with Crippen LogP contribution in [0.15, 0.2) is 35.4 Å². The lowest BCUT2D eigenvalue weighted by atomic mass is 10.1. The van der Waals surface area contributed by atoms with Gasteiger partial charge in [-0.2, -0.15) is 0 Å². The van der Waals surface area contributed by atoms with Crippen molar-refractivity contribution in [3.63, 3.8) is 0 Å². The highest BCUT2D eigenvalue weighted by Crippen LogP contribution is 2.11. The van der Waals surface area contributed by atoms with Crippen LogP contribution in [0.1, 0.15) is 25.8 Å². The maximum atomic E-state index is 5.58. The first kappa shape index (κ1) is 12.1. The summed E-state index contributed by atoms with van der Waals surface area (Å²) in [5.74, 6) is 0. The molecule has 0 saturated carbocycles. The van der Waals surface area contributed by atoms with Crippen LogP contribution >= 0.6 is 11.6 Å². The fourth-order valence-corrected chi connectivity index (χ4v) is 1.44. The number of rotatable bonds is 5. The molecule has 0 aliphatic heterocycles. The van der Waals surface area contributed by atoms with E-state index in [1.165, 1.54) is 12.0 Å². The van der Waals surface area contributed by atoms with Gasteiger partial charge in [0.1, 0.15) is 0 Å². The van der Waals surface area contributed by atoms with Crippen LogP contribution in [-0.4, -0.2) is 6.54 Å². The SMILES string of the molecule is CCCc1ccc(NC/C(C)=C/Cl)cc1. The van der Waals surface area contributed by atoms with Gasteiger partial charge in [-0.25, -0.2) is 0 Å². The van der Waals surface area contributed by atoms with Crippen molar-refractivity contribution in [3.8, 4) is 0 Å². The smallest absolute Gasteiger partial charge is 0.0369 e. The van der Waals surface area contributed by atoms with Crippen LogP contribution in [-0.2, 0) is 6.42 Å². The summed E-state index contributed by atoms with van der Waals surface area (Å²) < 4.78 is 0. The zero-order chi connectivity index (χ0) is 11.1. The number of anilines is 1. The van der Waals surface area contributed by atoms with E-state index in [4.69, 9.17) is 11.6 Å². The summed E-state index contributed by atoms with van der Waals surface area (Å²) in [4.78, 5) is 0. The largest absolute Gasteiger partial charge is 0.381 e. The summed E-state index contributed by atoms with van der Waals surface area (Å²) in [6.45, 7) is 5.00. The number of benzene rings is 1. The van der Waals surface area contributed by atoms with Crippen LogP contribution < -0.4 is 5.32 Å². The maximum absolute atomic E-state index is 5.58. The van der Waals surface area contributed by atoms with Gasteiger partial charge < -0.3 is 5.32 Å². The second-order valence-corrected chi connectivity index (χ2v) is 3.97. The quantitative estimate of drug-likeness (QED) is 0.789. The maximum Gasteiger partial charge on any atom is 0.0369 e. The zero-order valence-electron chi connectivity index (χ0n) is 9.39. The van der Waals surface area contributed by atoms with E-state index in [-0.39, 0.29) is 0 Å². The summed E-state index contributed by atoms with van der Waals surface area (Å²) in [6, 6.07) is 8.58. The summed E-state index contributed by atoms with van der Waals surface area (Å²) in [6.07, 6.45) is 2.35. The van der Waals surface area contributed by atoms with Crippen LogP contribution in [0.3, 0.4) is 0 Å². The van der Waals surface area contributed by atoms with Crippen molar-refractivity contribution in [1.82, 2.24) is 0 Å². The predicted octanol–water partition coefficient (Wildman–Crippen LogP) is 4.19. The summed E-state index contributed by atoms with van der Waals surface area (Å²) in [7, 11) is 0. The summed E-state index contributed by atoms with van der Waals surface area (Å²) in [5, 5.41) is 3.31. The third kappa shape index (κ3) is 4.39. The second-order valence-electron chi connectivity index (χ2n) is 3.76. The number of halogens is 1. The van der Waals surface area contributed by atoms with Crippen molar-refractivity contribution >= 4 is 17.3 Å². The first-order chi connectivity index (χ1) is 7.26. The topological polar surface area (TPSA) is 12.0 Å². The van der Waals surface area contributed by atoms with E-state index >= 15 is 0 Å². The Bertz CT molecular complexity index is 314. The van der Waals surface area contributed by atoms with Crippen molar-refractivity contribution < 1.29 is 0 Å². The Kier molecular flexibility index (Phi) is 5.27. The molecule has 0 unspecified atom stereocenters. The molecule has 1 aromatic carbocycles. The normalized spacial score (nSPS) is 11.5. The average Bonchev–Trinajstić information content (AvgIpc) is 2.28. The first-order valence-corrected chi connectivity index (χ1v) is 5.78. The van der Waals surface area contributed by atoms with Crippen LogP contribution in [0.5, 0.6) is 0 Å².